The molecule has 1 aromatic rings. The molecule has 80 valence electrons. The Morgan fingerprint density at radius 2 is 2.14 bits per heavy atom. The van der Waals surface area contributed by atoms with Crippen molar-refractivity contribution in [3.63, 3.8) is 0 Å². The lowest BCUT2D eigenvalue weighted by Gasteiger charge is -2.10. The molecule has 1 heterocycles. The van der Waals surface area contributed by atoms with Crippen LogP contribution in [0.3, 0.4) is 0 Å². The average molecular weight is 198 g/mol. The molecule has 0 radical (unpaired) electrons. The van der Waals surface area contributed by atoms with Crippen molar-refractivity contribution in [2.45, 2.75) is 33.3 Å². The second-order valence-electron chi connectivity index (χ2n) is 3.50. The molecule has 1 N–H and O–H groups in total. The molecule has 14 heavy (non-hydrogen) atoms. The third kappa shape index (κ3) is 2.26. The Bertz CT molecular complexity index is 307. The molecule has 1 rings (SSSR count). The Kier molecular flexibility index (Phi) is 3.52. The number of hydrogen-bond donors (Lipinski definition) is 1. The fourth-order valence-corrected chi connectivity index (χ4v) is 1.26. The Morgan fingerprint density at radius 1 is 1.50 bits per heavy atom. The molecule has 4 heteroatoms. The third-order valence-electron chi connectivity index (χ3n) is 2.33. The van der Waals surface area contributed by atoms with Crippen LogP contribution in [0.1, 0.15) is 24.7 Å². The zero-order valence-electron chi connectivity index (χ0n) is 9.24. The number of aliphatic hydroxyl groups excluding tert-OH is 1. The minimum atomic E-state index is -0.394. The summed E-state index contributed by atoms with van der Waals surface area (Å²) in [4.78, 5) is 0. The lowest BCUT2D eigenvalue weighted by molar-refractivity contribution is 0.103. The van der Waals surface area contributed by atoms with Crippen molar-refractivity contribution in [1.29, 1.82) is 0 Å². The van der Waals surface area contributed by atoms with Gasteiger partial charge in [0.15, 0.2) is 5.75 Å². The van der Waals surface area contributed by atoms with Gasteiger partial charge in [0.25, 0.3) is 0 Å². The van der Waals surface area contributed by atoms with Crippen LogP contribution < -0.4 is 4.74 Å². The average Bonchev–Trinajstić information content (AvgIpc) is 2.39. The molecular formula is C10H18N2O2. The summed E-state index contributed by atoms with van der Waals surface area (Å²) in [6.45, 7) is 6.12. The van der Waals surface area contributed by atoms with Gasteiger partial charge in [0.2, 0.25) is 0 Å². The van der Waals surface area contributed by atoms with E-state index < -0.39 is 6.10 Å². The maximum atomic E-state index is 9.36. The van der Waals surface area contributed by atoms with Crippen LogP contribution in [0.4, 0.5) is 0 Å². The summed E-state index contributed by atoms with van der Waals surface area (Å²) in [7, 11) is 1.88. The molecule has 0 aliphatic heterocycles. The summed E-state index contributed by atoms with van der Waals surface area (Å²) in [6.07, 6.45) is 0.312. The minimum absolute atomic E-state index is 0.337. The maximum absolute atomic E-state index is 9.36. The highest BCUT2D eigenvalue weighted by Gasteiger charge is 2.11. The van der Waals surface area contributed by atoms with Crippen LogP contribution in [0.25, 0.3) is 0 Å². The van der Waals surface area contributed by atoms with E-state index in [-0.39, 0.29) is 0 Å². The summed E-state index contributed by atoms with van der Waals surface area (Å²) in [5.74, 6) is 0.792. The van der Waals surface area contributed by atoms with Gasteiger partial charge in [0, 0.05) is 7.05 Å². The van der Waals surface area contributed by atoms with E-state index in [0.29, 0.717) is 13.0 Å². The first-order valence-corrected chi connectivity index (χ1v) is 4.87. The van der Waals surface area contributed by atoms with Gasteiger partial charge in [0.1, 0.15) is 12.3 Å². The molecule has 0 amide bonds. The first-order chi connectivity index (χ1) is 6.56. The number of aliphatic hydroxyl groups is 1. The summed E-state index contributed by atoms with van der Waals surface area (Å²) < 4.78 is 7.29. The highest BCUT2D eigenvalue weighted by atomic mass is 16.5. The standard InChI is InChI=1S/C10H18N2O2/c1-5-9(13)6-14-10-7(2)11-12(4)8(10)3/h9,13H,5-6H2,1-4H3. The van der Waals surface area contributed by atoms with E-state index in [1.807, 2.05) is 27.8 Å². The summed E-state index contributed by atoms with van der Waals surface area (Å²) in [5, 5.41) is 13.6. The molecule has 0 bridgehead atoms. The Balaban J connectivity index is 2.67. The molecule has 1 unspecified atom stereocenters. The number of aryl methyl sites for hydroxylation is 2. The van der Waals surface area contributed by atoms with E-state index in [1.165, 1.54) is 0 Å². The van der Waals surface area contributed by atoms with Gasteiger partial charge in [-0.3, -0.25) is 4.68 Å². The van der Waals surface area contributed by atoms with Crippen molar-refractivity contribution in [2.24, 2.45) is 7.05 Å². The predicted octanol–water partition coefficient (Wildman–Crippen LogP) is 1.19. The number of rotatable bonds is 4. The van der Waals surface area contributed by atoms with Crippen LogP contribution in [0.2, 0.25) is 0 Å². The van der Waals surface area contributed by atoms with Crippen LogP contribution in [0.15, 0.2) is 0 Å². The van der Waals surface area contributed by atoms with Crippen molar-refractivity contribution < 1.29 is 9.84 Å². The van der Waals surface area contributed by atoms with E-state index in [9.17, 15) is 5.11 Å². The van der Waals surface area contributed by atoms with Crippen LogP contribution in [-0.2, 0) is 7.05 Å². The Morgan fingerprint density at radius 3 is 2.57 bits per heavy atom. The molecule has 0 saturated carbocycles. The second-order valence-corrected chi connectivity index (χ2v) is 3.50. The topological polar surface area (TPSA) is 47.3 Å². The second kappa shape index (κ2) is 4.46. The minimum Gasteiger partial charge on any atom is -0.487 e. The summed E-state index contributed by atoms with van der Waals surface area (Å²) in [6, 6.07) is 0. The molecule has 0 fully saturated rings. The number of hydrogen-bond acceptors (Lipinski definition) is 3. The first-order valence-electron chi connectivity index (χ1n) is 4.87. The molecule has 0 spiro atoms. The third-order valence-corrected chi connectivity index (χ3v) is 2.33. The fourth-order valence-electron chi connectivity index (χ4n) is 1.26. The van der Waals surface area contributed by atoms with Gasteiger partial charge < -0.3 is 9.84 Å². The molecule has 4 nitrogen and oxygen atoms in total. The van der Waals surface area contributed by atoms with Crippen molar-refractivity contribution >= 4 is 0 Å². The number of nitrogens with zero attached hydrogens (tertiary/aromatic N) is 2. The lowest BCUT2D eigenvalue weighted by Crippen LogP contribution is -2.16. The smallest absolute Gasteiger partial charge is 0.163 e. The number of aromatic nitrogens is 2. The highest BCUT2D eigenvalue weighted by Crippen LogP contribution is 2.21. The predicted molar refractivity (Wildman–Crippen MR) is 54.5 cm³/mol. The van der Waals surface area contributed by atoms with Gasteiger partial charge >= 0.3 is 0 Å². The van der Waals surface area contributed by atoms with Crippen molar-refractivity contribution in [3.05, 3.63) is 11.4 Å². The zero-order chi connectivity index (χ0) is 10.7. The van der Waals surface area contributed by atoms with Crippen LogP contribution in [0.5, 0.6) is 5.75 Å². The van der Waals surface area contributed by atoms with Crippen molar-refractivity contribution in [3.8, 4) is 5.75 Å². The van der Waals surface area contributed by atoms with Gasteiger partial charge in [-0.2, -0.15) is 5.10 Å². The highest BCUT2D eigenvalue weighted by molar-refractivity contribution is 5.31. The monoisotopic (exact) mass is 198 g/mol. The Hall–Kier alpha value is -1.03. The summed E-state index contributed by atoms with van der Waals surface area (Å²) in [5.41, 5.74) is 1.86. The quantitative estimate of drug-likeness (QED) is 0.790. The van der Waals surface area contributed by atoms with Gasteiger partial charge in [0.05, 0.1) is 11.8 Å². The maximum Gasteiger partial charge on any atom is 0.163 e. The van der Waals surface area contributed by atoms with E-state index in [1.54, 1.807) is 4.68 Å². The first kappa shape index (κ1) is 11.0. The van der Waals surface area contributed by atoms with Crippen LogP contribution in [0, 0.1) is 13.8 Å². The van der Waals surface area contributed by atoms with Gasteiger partial charge in [-0.15, -0.1) is 0 Å². The SMILES string of the molecule is CCC(O)COc1c(C)nn(C)c1C. The van der Waals surface area contributed by atoms with Crippen molar-refractivity contribution in [2.75, 3.05) is 6.61 Å². The van der Waals surface area contributed by atoms with E-state index >= 15 is 0 Å². The largest absolute Gasteiger partial charge is 0.487 e. The summed E-state index contributed by atoms with van der Waals surface area (Å²) >= 11 is 0. The zero-order valence-corrected chi connectivity index (χ0v) is 9.24. The van der Waals surface area contributed by atoms with E-state index in [0.717, 1.165) is 17.1 Å². The van der Waals surface area contributed by atoms with Gasteiger partial charge in [-0.25, -0.2) is 0 Å². The van der Waals surface area contributed by atoms with Crippen LogP contribution >= 0.6 is 0 Å². The molecule has 0 aliphatic carbocycles. The molecule has 0 saturated heterocycles. The lowest BCUT2D eigenvalue weighted by atomic mass is 10.3. The molecular weight excluding hydrogens is 180 g/mol. The molecule has 1 atom stereocenters. The normalized spacial score (nSPS) is 12.9. The molecule has 1 aromatic heterocycles. The molecule has 0 aliphatic rings. The van der Waals surface area contributed by atoms with Gasteiger partial charge in [-0.1, -0.05) is 6.92 Å². The fraction of sp³-hybridized carbons (Fsp3) is 0.700. The van der Waals surface area contributed by atoms with E-state index in [2.05, 4.69) is 5.10 Å². The Labute approximate surface area is 84.5 Å². The van der Waals surface area contributed by atoms with Crippen LogP contribution in [-0.4, -0.2) is 27.6 Å². The molecule has 0 aromatic carbocycles. The number of ether oxygens (including phenoxy) is 1. The van der Waals surface area contributed by atoms with Gasteiger partial charge in [-0.05, 0) is 20.3 Å². The van der Waals surface area contributed by atoms with E-state index in [4.69, 9.17) is 4.74 Å². The van der Waals surface area contributed by atoms with Crippen molar-refractivity contribution in [1.82, 2.24) is 9.78 Å².